The Bertz CT molecular complexity index is 280. The smallest absolute Gasteiger partial charge is 0.142 e. The Morgan fingerprint density at radius 3 is 2.47 bits per heavy atom. The van der Waals surface area contributed by atoms with E-state index in [4.69, 9.17) is 0 Å². The van der Waals surface area contributed by atoms with Gasteiger partial charge in [-0.2, -0.15) is 0 Å². The highest BCUT2D eigenvalue weighted by Gasteiger charge is 2.10. The number of aliphatic hydroxyl groups is 1. The van der Waals surface area contributed by atoms with Crippen molar-refractivity contribution in [2.45, 2.75) is 13.0 Å². The van der Waals surface area contributed by atoms with Crippen LogP contribution in [0.5, 0.6) is 0 Å². The summed E-state index contributed by atoms with van der Waals surface area (Å²) in [5, 5.41) is 16.2. The van der Waals surface area contributed by atoms with Gasteiger partial charge in [-0.05, 0) is 6.92 Å². The Kier molecular flexibility index (Phi) is 8.45. The molecule has 3 N–H and O–H groups in total. The molecule has 6 nitrogen and oxygen atoms in total. The van der Waals surface area contributed by atoms with Crippen molar-refractivity contribution in [1.29, 1.82) is 0 Å². The second kappa shape index (κ2) is 9.95. The van der Waals surface area contributed by atoms with E-state index in [0.717, 1.165) is 52.4 Å². The zero-order valence-corrected chi connectivity index (χ0v) is 11.8. The fraction of sp³-hybridized carbons (Fsp3) is 0.846. The summed E-state index contributed by atoms with van der Waals surface area (Å²) >= 11 is 0. The molecule has 19 heavy (non-hydrogen) atoms. The van der Waals surface area contributed by atoms with Crippen LogP contribution in [0, 0.1) is 0 Å². The topological polar surface area (TPSA) is 67.8 Å². The highest BCUT2D eigenvalue weighted by atomic mass is 16.3. The summed E-state index contributed by atoms with van der Waals surface area (Å²) in [4.78, 5) is 14.7. The van der Waals surface area contributed by atoms with Crippen LogP contribution in [-0.2, 0) is 4.79 Å². The van der Waals surface area contributed by atoms with E-state index in [1.54, 1.807) is 6.92 Å². The molecule has 110 valence electrons. The average molecular weight is 270 g/mol. The number of hydrogen-bond acceptors (Lipinski definition) is 6. The van der Waals surface area contributed by atoms with Crippen molar-refractivity contribution < 1.29 is 9.90 Å². The molecule has 0 aromatic heterocycles. The second-order valence-corrected chi connectivity index (χ2v) is 4.93. The van der Waals surface area contributed by atoms with Crippen LogP contribution >= 0.6 is 0 Å². The SMILES string of the molecule is CC(O)CN1CCNCCNCCN(C=C=O)CC1. The van der Waals surface area contributed by atoms with Crippen LogP contribution in [0.25, 0.3) is 0 Å². The van der Waals surface area contributed by atoms with Gasteiger partial charge < -0.3 is 20.6 Å². The number of hydrogen-bond donors (Lipinski definition) is 3. The molecule has 0 aliphatic carbocycles. The lowest BCUT2D eigenvalue weighted by Crippen LogP contribution is -2.43. The number of rotatable bonds is 3. The van der Waals surface area contributed by atoms with E-state index in [1.165, 1.54) is 6.20 Å². The number of nitrogens with zero attached hydrogens (tertiary/aromatic N) is 2. The Labute approximate surface area is 115 Å². The van der Waals surface area contributed by atoms with Crippen LogP contribution in [0.1, 0.15) is 6.92 Å². The van der Waals surface area contributed by atoms with Crippen LogP contribution in [0.3, 0.4) is 0 Å². The Morgan fingerprint density at radius 2 is 1.84 bits per heavy atom. The molecule has 6 heteroatoms. The Balaban J connectivity index is 2.50. The van der Waals surface area contributed by atoms with Crippen molar-refractivity contribution in [2.24, 2.45) is 0 Å². The minimum Gasteiger partial charge on any atom is -0.392 e. The van der Waals surface area contributed by atoms with Gasteiger partial charge in [0.2, 0.25) is 0 Å². The number of nitrogens with one attached hydrogen (secondary N) is 2. The van der Waals surface area contributed by atoms with Gasteiger partial charge in [-0.3, -0.25) is 4.90 Å². The third-order valence-corrected chi connectivity index (χ3v) is 3.12. The maximum absolute atomic E-state index is 10.5. The molecule has 1 rings (SSSR count). The lowest BCUT2D eigenvalue weighted by Gasteiger charge is -2.28. The molecule has 1 unspecified atom stereocenters. The van der Waals surface area contributed by atoms with E-state index in [0.29, 0.717) is 6.54 Å². The average Bonchev–Trinajstić information content (AvgIpc) is 2.35. The Hall–Kier alpha value is -0.910. The zero-order chi connectivity index (χ0) is 13.9. The highest BCUT2D eigenvalue weighted by Crippen LogP contribution is 1.95. The van der Waals surface area contributed by atoms with Gasteiger partial charge in [-0.15, -0.1) is 0 Å². The number of carbonyl (C=O) groups excluding carboxylic acids is 1. The predicted molar refractivity (Wildman–Crippen MR) is 75.7 cm³/mol. The molecule has 1 fully saturated rings. The first-order valence-corrected chi connectivity index (χ1v) is 6.99. The molecule has 0 aromatic rings. The van der Waals surface area contributed by atoms with E-state index in [2.05, 4.69) is 15.5 Å². The third-order valence-electron chi connectivity index (χ3n) is 3.12. The minimum absolute atomic E-state index is 0.329. The van der Waals surface area contributed by atoms with Gasteiger partial charge in [0, 0.05) is 58.9 Å². The third kappa shape index (κ3) is 7.97. The van der Waals surface area contributed by atoms with E-state index in [9.17, 15) is 9.90 Å². The number of aliphatic hydroxyl groups excluding tert-OH is 1. The van der Waals surface area contributed by atoms with Crippen LogP contribution in [-0.4, -0.2) is 85.9 Å². The molecule has 1 saturated heterocycles. The van der Waals surface area contributed by atoms with Crippen LogP contribution in [0.15, 0.2) is 6.20 Å². The lowest BCUT2D eigenvalue weighted by molar-refractivity contribution is 0.121. The lowest BCUT2D eigenvalue weighted by atomic mass is 10.3. The highest BCUT2D eigenvalue weighted by molar-refractivity contribution is 5.44. The molecule has 0 amide bonds. The maximum Gasteiger partial charge on any atom is 0.142 e. The quantitative estimate of drug-likeness (QED) is 0.543. The second-order valence-electron chi connectivity index (χ2n) is 4.93. The summed E-state index contributed by atoms with van der Waals surface area (Å²) in [5.41, 5.74) is 0. The molecule has 1 atom stereocenters. The first-order valence-electron chi connectivity index (χ1n) is 6.99. The van der Waals surface area contributed by atoms with E-state index >= 15 is 0 Å². The first-order chi connectivity index (χ1) is 9.22. The standard InChI is InChI=1S/C13H26N4O2/c1-13(19)12-17-7-5-15-3-2-14-4-6-16(8-9-17)10-11-18/h10,13-15,19H,2-9,12H2,1H3. The molecule has 1 aliphatic heterocycles. The summed E-state index contributed by atoms with van der Waals surface area (Å²) in [5.74, 6) is 1.85. The van der Waals surface area contributed by atoms with Crippen molar-refractivity contribution in [3.05, 3.63) is 6.20 Å². The maximum atomic E-state index is 10.5. The molecular formula is C13H26N4O2. The van der Waals surface area contributed by atoms with Gasteiger partial charge in [0.1, 0.15) is 5.94 Å². The first kappa shape index (κ1) is 16.1. The summed E-state index contributed by atoms with van der Waals surface area (Å²) in [6.07, 6.45) is 1.15. The normalized spacial score (nSPS) is 21.9. The van der Waals surface area contributed by atoms with E-state index in [-0.39, 0.29) is 6.10 Å². The van der Waals surface area contributed by atoms with Gasteiger partial charge in [-0.25, -0.2) is 4.79 Å². The Morgan fingerprint density at radius 1 is 1.16 bits per heavy atom. The van der Waals surface area contributed by atoms with Crippen LogP contribution < -0.4 is 10.6 Å². The van der Waals surface area contributed by atoms with Crippen molar-refractivity contribution >= 4 is 5.94 Å². The molecule has 0 saturated carbocycles. The van der Waals surface area contributed by atoms with E-state index in [1.807, 2.05) is 10.8 Å². The molecule has 0 spiro atoms. The van der Waals surface area contributed by atoms with Crippen molar-refractivity contribution in [3.8, 4) is 0 Å². The largest absolute Gasteiger partial charge is 0.392 e. The van der Waals surface area contributed by atoms with Gasteiger partial charge >= 0.3 is 0 Å². The number of β-amino-alcohol motifs (C(OH)–C–C–N with tert-alkyl or cyclic N) is 1. The molecule has 0 radical (unpaired) electrons. The van der Waals surface area contributed by atoms with Gasteiger partial charge in [0.15, 0.2) is 0 Å². The van der Waals surface area contributed by atoms with E-state index < -0.39 is 0 Å². The zero-order valence-electron chi connectivity index (χ0n) is 11.8. The van der Waals surface area contributed by atoms with Gasteiger partial charge in [0.05, 0.1) is 12.3 Å². The fourth-order valence-electron chi connectivity index (χ4n) is 2.14. The van der Waals surface area contributed by atoms with Crippen molar-refractivity contribution in [3.63, 3.8) is 0 Å². The predicted octanol–water partition coefficient (Wildman–Crippen LogP) is -1.49. The summed E-state index contributed by atoms with van der Waals surface area (Å²) in [6.45, 7) is 9.43. The fourth-order valence-corrected chi connectivity index (χ4v) is 2.14. The molecule has 1 heterocycles. The van der Waals surface area contributed by atoms with Crippen LogP contribution in [0.2, 0.25) is 0 Å². The van der Waals surface area contributed by atoms with Crippen LogP contribution in [0.4, 0.5) is 0 Å². The molecule has 0 bridgehead atoms. The minimum atomic E-state index is -0.329. The summed E-state index contributed by atoms with van der Waals surface area (Å²) in [6, 6.07) is 0. The molecular weight excluding hydrogens is 244 g/mol. The summed E-state index contributed by atoms with van der Waals surface area (Å²) in [7, 11) is 0. The van der Waals surface area contributed by atoms with Crippen molar-refractivity contribution in [1.82, 2.24) is 20.4 Å². The summed E-state index contributed by atoms with van der Waals surface area (Å²) < 4.78 is 0. The van der Waals surface area contributed by atoms with Gasteiger partial charge in [0.25, 0.3) is 0 Å². The monoisotopic (exact) mass is 270 g/mol. The van der Waals surface area contributed by atoms with Gasteiger partial charge in [-0.1, -0.05) is 0 Å². The molecule has 1 aliphatic rings. The van der Waals surface area contributed by atoms with Crippen molar-refractivity contribution in [2.75, 3.05) is 58.9 Å². The molecule has 0 aromatic carbocycles.